The minimum atomic E-state index is -0.186. The number of hydrogen-bond acceptors (Lipinski definition) is 5. The van der Waals surface area contributed by atoms with Crippen LogP contribution >= 0.6 is 24.2 Å². The predicted molar refractivity (Wildman–Crippen MR) is 111 cm³/mol. The molecule has 1 heterocycles. The van der Waals surface area contributed by atoms with Gasteiger partial charge < -0.3 is 20.5 Å². The molecule has 2 aromatic carbocycles. The van der Waals surface area contributed by atoms with Gasteiger partial charge in [0.2, 0.25) is 5.91 Å². The van der Waals surface area contributed by atoms with E-state index in [9.17, 15) is 4.79 Å². The van der Waals surface area contributed by atoms with Gasteiger partial charge in [-0.3, -0.25) is 4.79 Å². The minimum Gasteiger partial charge on any atom is -0.490 e. The molecule has 5 nitrogen and oxygen atoms in total. The molecule has 0 fully saturated rings. The lowest BCUT2D eigenvalue weighted by Gasteiger charge is -2.13. The first-order valence-electron chi connectivity index (χ1n) is 8.82. The van der Waals surface area contributed by atoms with Crippen LogP contribution in [0.3, 0.4) is 0 Å². The number of hydrogen-bond donors (Lipinski definition) is 2. The number of benzene rings is 2. The second-order valence-corrected chi connectivity index (χ2v) is 7.25. The summed E-state index contributed by atoms with van der Waals surface area (Å²) in [6.07, 6.45) is 1.34. The van der Waals surface area contributed by atoms with Gasteiger partial charge in [0.25, 0.3) is 0 Å². The zero-order valence-corrected chi connectivity index (χ0v) is 16.7. The SMILES string of the molecule is Cl.NC(CNC(=O)CCSc1ccc2c(c1)OCCCO2)c1ccccc1. The van der Waals surface area contributed by atoms with E-state index in [4.69, 9.17) is 15.2 Å². The monoisotopic (exact) mass is 408 g/mol. The first kappa shape index (κ1) is 21.4. The zero-order valence-electron chi connectivity index (χ0n) is 15.1. The van der Waals surface area contributed by atoms with Gasteiger partial charge in [-0.15, -0.1) is 24.2 Å². The van der Waals surface area contributed by atoms with Gasteiger partial charge in [-0.05, 0) is 23.8 Å². The maximum atomic E-state index is 12.0. The smallest absolute Gasteiger partial charge is 0.220 e. The molecule has 0 bridgehead atoms. The molecule has 1 aliphatic heterocycles. The first-order chi connectivity index (χ1) is 12.7. The largest absolute Gasteiger partial charge is 0.490 e. The van der Waals surface area contributed by atoms with Crippen LogP contribution in [0, 0.1) is 0 Å². The number of ether oxygens (including phenoxy) is 2. The fourth-order valence-electron chi connectivity index (χ4n) is 2.63. The van der Waals surface area contributed by atoms with Crippen LogP contribution in [-0.4, -0.2) is 31.4 Å². The van der Waals surface area contributed by atoms with Crippen molar-refractivity contribution in [3.05, 3.63) is 54.1 Å². The van der Waals surface area contributed by atoms with Gasteiger partial charge in [-0.25, -0.2) is 0 Å². The number of rotatable bonds is 7. The van der Waals surface area contributed by atoms with E-state index in [0.717, 1.165) is 28.4 Å². The Labute approximate surface area is 170 Å². The summed E-state index contributed by atoms with van der Waals surface area (Å²) < 4.78 is 11.3. The summed E-state index contributed by atoms with van der Waals surface area (Å²) in [6, 6.07) is 15.5. The van der Waals surface area contributed by atoms with Crippen LogP contribution < -0.4 is 20.5 Å². The van der Waals surface area contributed by atoms with Gasteiger partial charge in [-0.1, -0.05) is 30.3 Å². The van der Waals surface area contributed by atoms with Crippen LogP contribution in [0.2, 0.25) is 0 Å². The molecule has 0 saturated carbocycles. The number of halogens is 1. The van der Waals surface area contributed by atoms with Crippen LogP contribution in [0.5, 0.6) is 11.5 Å². The van der Waals surface area contributed by atoms with Crippen molar-refractivity contribution in [2.24, 2.45) is 5.73 Å². The molecule has 1 unspecified atom stereocenters. The Kier molecular flexibility index (Phi) is 8.78. The van der Waals surface area contributed by atoms with Crippen LogP contribution in [0.15, 0.2) is 53.4 Å². The van der Waals surface area contributed by atoms with Gasteiger partial charge in [0.05, 0.1) is 13.2 Å². The molecular weight excluding hydrogens is 384 g/mol. The average Bonchev–Trinajstić information content (AvgIpc) is 2.92. The van der Waals surface area contributed by atoms with Crippen molar-refractivity contribution in [2.45, 2.75) is 23.8 Å². The summed E-state index contributed by atoms with van der Waals surface area (Å²) >= 11 is 1.63. The Hall–Kier alpha value is -1.89. The Balaban J connectivity index is 0.00000261. The fraction of sp³-hybridized carbons (Fsp3) is 0.350. The molecule has 2 aromatic rings. The van der Waals surface area contributed by atoms with Gasteiger partial charge in [0, 0.05) is 36.1 Å². The lowest BCUT2D eigenvalue weighted by molar-refractivity contribution is -0.120. The topological polar surface area (TPSA) is 73.6 Å². The van der Waals surface area contributed by atoms with Crippen molar-refractivity contribution in [3.8, 4) is 11.5 Å². The third-order valence-corrected chi connectivity index (χ3v) is 5.06. The third kappa shape index (κ3) is 6.65. The summed E-state index contributed by atoms with van der Waals surface area (Å²) in [5.74, 6) is 2.29. The van der Waals surface area contributed by atoms with Crippen molar-refractivity contribution in [1.29, 1.82) is 0 Å². The number of carbonyl (C=O) groups excluding carboxylic acids is 1. The highest BCUT2D eigenvalue weighted by Gasteiger charge is 2.12. The summed E-state index contributed by atoms with van der Waals surface area (Å²) in [5, 5.41) is 2.90. The second-order valence-electron chi connectivity index (χ2n) is 6.08. The fourth-order valence-corrected chi connectivity index (χ4v) is 3.50. The van der Waals surface area contributed by atoms with Crippen molar-refractivity contribution in [3.63, 3.8) is 0 Å². The molecule has 7 heteroatoms. The van der Waals surface area contributed by atoms with Crippen molar-refractivity contribution in [2.75, 3.05) is 25.5 Å². The summed E-state index contributed by atoms with van der Waals surface area (Å²) in [7, 11) is 0. The highest BCUT2D eigenvalue weighted by Crippen LogP contribution is 2.34. The van der Waals surface area contributed by atoms with Gasteiger partial charge in [0.1, 0.15) is 0 Å². The average molecular weight is 409 g/mol. The Morgan fingerprint density at radius 2 is 1.85 bits per heavy atom. The minimum absolute atomic E-state index is 0. The molecule has 0 aromatic heterocycles. The number of thioether (sulfide) groups is 1. The molecule has 146 valence electrons. The lowest BCUT2D eigenvalue weighted by Crippen LogP contribution is -2.32. The van der Waals surface area contributed by atoms with Crippen molar-refractivity contribution < 1.29 is 14.3 Å². The van der Waals surface area contributed by atoms with Crippen molar-refractivity contribution in [1.82, 2.24) is 5.32 Å². The maximum absolute atomic E-state index is 12.0. The van der Waals surface area contributed by atoms with E-state index in [2.05, 4.69) is 5.32 Å². The van der Waals surface area contributed by atoms with E-state index in [1.807, 2.05) is 48.5 Å². The van der Waals surface area contributed by atoms with E-state index >= 15 is 0 Å². The van der Waals surface area contributed by atoms with E-state index in [-0.39, 0.29) is 24.4 Å². The molecule has 1 atom stereocenters. The Bertz CT molecular complexity index is 730. The number of fused-ring (bicyclic) bond motifs is 1. The zero-order chi connectivity index (χ0) is 18.2. The Morgan fingerprint density at radius 1 is 1.11 bits per heavy atom. The number of nitrogens with one attached hydrogen (secondary N) is 1. The molecule has 1 amide bonds. The summed E-state index contributed by atoms with van der Waals surface area (Å²) in [6.45, 7) is 1.80. The standard InChI is InChI=1S/C20H24N2O3S.ClH/c21-17(15-5-2-1-3-6-15)14-22-20(23)9-12-26-16-7-8-18-19(13-16)25-11-4-10-24-18;/h1-3,5-8,13,17H,4,9-12,14,21H2,(H,22,23);1H. The second kappa shape index (κ2) is 11.1. The van der Waals surface area contributed by atoms with Crippen LogP contribution in [0.1, 0.15) is 24.4 Å². The Morgan fingerprint density at radius 3 is 2.63 bits per heavy atom. The van der Waals surface area contributed by atoms with Crippen LogP contribution in [-0.2, 0) is 4.79 Å². The molecule has 0 spiro atoms. The van der Waals surface area contributed by atoms with E-state index in [1.54, 1.807) is 11.8 Å². The van der Waals surface area contributed by atoms with E-state index < -0.39 is 0 Å². The predicted octanol–water partition coefficient (Wildman–Crippen LogP) is 3.57. The molecule has 0 radical (unpaired) electrons. The van der Waals surface area contributed by atoms with Gasteiger partial charge in [0.15, 0.2) is 11.5 Å². The third-order valence-electron chi connectivity index (χ3n) is 4.06. The molecule has 27 heavy (non-hydrogen) atoms. The van der Waals surface area contributed by atoms with Crippen LogP contribution in [0.4, 0.5) is 0 Å². The number of carbonyl (C=O) groups is 1. The maximum Gasteiger partial charge on any atom is 0.220 e. The molecule has 1 aliphatic rings. The van der Waals surface area contributed by atoms with E-state index in [0.29, 0.717) is 31.9 Å². The quantitative estimate of drug-likeness (QED) is 0.685. The molecule has 3 rings (SSSR count). The highest BCUT2D eigenvalue weighted by atomic mass is 35.5. The molecule has 0 saturated heterocycles. The van der Waals surface area contributed by atoms with Crippen LogP contribution in [0.25, 0.3) is 0 Å². The number of amides is 1. The van der Waals surface area contributed by atoms with Crippen molar-refractivity contribution >= 4 is 30.1 Å². The molecule has 0 aliphatic carbocycles. The lowest BCUT2D eigenvalue weighted by atomic mass is 10.1. The highest BCUT2D eigenvalue weighted by molar-refractivity contribution is 7.99. The van der Waals surface area contributed by atoms with Gasteiger partial charge >= 0.3 is 0 Å². The molecular formula is C20H25ClN2O3S. The van der Waals surface area contributed by atoms with Gasteiger partial charge in [-0.2, -0.15) is 0 Å². The normalized spacial score (nSPS) is 13.8. The summed E-state index contributed by atoms with van der Waals surface area (Å²) in [4.78, 5) is 13.1. The first-order valence-corrected chi connectivity index (χ1v) is 9.80. The summed E-state index contributed by atoms with van der Waals surface area (Å²) in [5.41, 5.74) is 7.12. The molecule has 3 N–H and O–H groups in total. The number of nitrogens with two attached hydrogens (primary N) is 1. The van der Waals surface area contributed by atoms with E-state index in [1.165, 1.54) is 0 Å².